The van der Waals surface area contributed by atoms with Gasteiger partial charge in [-0.2, -0.15) is 0 Å². The Morgan fingerprint density at radius 3 is 2.52 bits per heavy atom. The molecule has 2 rings (SSSR count). The maximum atomic E-state index is 13.5. The van der Waals surface area contributed by atoms with Gasteiger partial charge < -0.3 is 0 Å². The average molecular weight is 336 g/mol. The molecule has 0 aliphatic carbocycles. The van der Waals surface area contributed by atoms with Crippen molar-refractivity contribution in [3.63, 3.8) is 0 Å². The normalized spacial score (nSPS) is 10.4. The number of hydrazine groups is 1. The molecule has 3 nitrogen and oxygen atoms in total. The van der Waals surface area contributed by atoms with Gasteiger partial charge in [-0.15, -0.1) is 11.8 Å². The summed E-state index contributed by atoms with van der Waals surface area (Å²) in [5.41, 5.74) is 4.77. The number of carbonyl (C=O) groups is 1. The lowest BCUT2D eigenvalue weighted by Crippen LogP contribution is -2.43. The van der Waals surface area contributed by atoms with E-state index in [-0.39, 0.29) is 16.6 Å². The molecule has 0 heterocycles. The number of halogens is 2. The van der Waals surface area contributed by atoms with Gasteiger partial charge in [0, 0.05) is 11.4 Å². The van der Waals surface area contributed by atoms with Crippen LogP contribution in [0.2, 0.25) is 0 Å². The fourth-order valence-electron chi connectivity index (χ4n) is 1.96. The van der Waals surface area contributed by atoms with Gasteiger partial charge in [-0.25, -0.2) is 8.78 Å². The topological polar surface area (TPSA) is 32.3 Å². The van der Waals surface area contributed by atoms with Crippen molar-refractivity contribution in [1.29, 1.82) is 0 Å². The summed E-state index contributed by atoms with van der Waals surface area (Å²) in [4.78, 5) is 12.2. The van der Waals surface area contributed by atoms with Gasteiger partial charge in [-0.1, -0.05) is 17.7 Å². The smallest absolute Gasteiger partial charge is 0.248 e. The molecular weight excluding hydrogens is 318 g/mol. The fraction of sp³-hybridized carbons (Fsp3) is 0.235. The second-order valence-corrected chi connectivity index (χ2v) is 6.00. The second kappa shape index (κ2) is 7.97. The van der Waals surface area contributed by atoms with Crippen LogP contribution in [0, 0.1) is 18.6 Å². The first-order chi connectivity index (χ1) is 11.0. The standard InChI is InChI=1S/C17H18F2N2OS/c1-3-21(14-7-4-12(2)5-8-14)20-17(22)11-23-16-10-13(18)6-9-15(16)19/h4-10H,3,11H2,1-2H3,(H,20,22). The average Bonchev–Trinajstić information content (AvgIpc) is 2.54. The van der Waals surface area contributed by atoms with E-state index < -0.39 is 11.6 Å². The Morgan fingerprint density at radius 1 is 1.17 bits per heavy atom. The van der Waals surface area contributed by atoms with Crippen LogP contribution in [0.5, 0.6) is 0 Å². The number of carbonyl (C=O) groups excluding carboxylic acids is 1. The maximum absolute atomic E-state index is 13.5. The Kier molecular flexibility index (Phi) is 5.98. The lowest BCUT2D eigenvalue weighted by Gasteiger charge is -2.23. The zero-order chi connectivity index (χ0) is 16.8. The van der Waals surface area contributed by atoms with Gasteiger partial charge in [0.05, 0.1) is 11.4 Å². The number of hydrogen-bond acceptors (Lipinski definition) is 3. The molecule has 0 aromatic heterocycles. The van der Waals surface area contributed by atoms with E-state index in [2.05, 4.69) is 5.43 Å². The molecular formula is C17H18F2N2OS. The van der Waals surface area contributed by atoms with Crippen LogP contribution in [0.3, 0.4) is 0 Å². The Hall–Kier alpha value is -2.08. The third-order valence-corrected chi connectivity index (χ3v) is 4.20. The van der Waals surface area contributed by atoms with Crippen LogP contribution in [0.4, 0.5) is 14.5 Å². The first-order valence-corrected chi connectivity index (χ1v) is 8.19. The maximum Gasteiger partial charge on any atom is 0.248 e. The lowest BCUT2D eigenvalue weighted by atomic mass is 10.2. The highest BCUT2D eigenvalue weighted by Crippen LogP contribution is 2.22. The highest BCUT2D eigenvalue weighted by Gasteiger charge is 2.11. The molecule has 0 saturated carbocycles. The summed E-state index contributed by atoms with van der Waals surface area (Å²) < 4.78 is 26.6. The lowest BCUT2D eigenvalue weighted by molar-refractivity contribution is -0.118. The minimum atomic E-state index is -0.532. The molecule has 2 aromatic rings. The van der Waals surface area contributed by atoms with Gasteiger partial charge >= 0.3 is 0 Å². The van der Waals surface area contributed by atoms with Gasteiger partial charge in [0.2, 0.25) is 5.91 Å². The third kappa shape index (κ3) is 4.96. The molecule has 0 atom stereocenters. The van der Waals surface area contributed by atoms with Crippen LogP contribution in [0.15, 0.2) is 47.4 Å². The van der Waals surface area contributed by atoms with E-state index in [1.807, 2.05) is 38.1 Å². The van der Waals surface area contributed by atoms with Crippen LogP contribution >= 0.6 is 11.8 Å². The van der Waals surface area contributed by atoms with Crippen molar-refractivity contribution in [2.24, 2.45) is 0 Å². The summed E-state index contributed by atoms with van der Waals surface area (Å²) in [6.07, 6.45) is 0. The summed E-state index contributed by atoms with van der Waals surface area (Å²) in [7, 11) is 0. The Balaban J connectivity index is 1.95. The van der Waals surface area contributed by atoms with Gasteiger partial charge in [0.15, 0.2) is 0 Å². The van der Waals surface area contributed by atoms with E-state index in [4.69, 9.17) is 0 Å². The number of amides is 1. The first kappa shape index (κ1) is 17.3. The predicted molar refractivity (Wildman–Crippen MR) is 89.4 cm³/mol. The van der Waals surface area contributed by atoms with Gasteiger partial charge in [-0.05, 0) is 44.2 Å². The van der Waals surface area contributed by atoms with Crippen molar-refractivity contribution in [3.8, 4) is 0 Å². The number of nitrogens with zero attached hydrogens (tertiary/aromatic N) is 1. The molecule has 0 spiro atoms. The van der Waals surface area contributed by atoms with Crippen molar-refractivity contribution in [3.05, 3.63) is 59.7 Å². The van der Waals surface area contributed by atoms with Crippen molar-refractivity contribution in [2.45, 2.75) is 18.7 Å². The zero-order valence-electron chi connectivity index (χ0n) is 13.0. The van der Waals surface area contributed by atoms with E-state index in [0.29, 0.717) is 6.54 Å². The largest absolute Gasteiger partial charge is 0.286 e. The number of hydrogen-bond donors (Lipinski definition) is 1. The summed E-state index contributed by atoms with van der Waals surface area (Å²) >= 11 is 0.966. The summed E-state index contributed by atoms with van der Waals surface area (Å²) in [6.45, 7) is 4.50. The molecule has 0 unspecified atom stereocenters. The van der Waals surface area contributed by atoms with Crippen molar-refractivity contribution in [2.75, 3.05) is 17.3 Å². The number of aryl methyl sites for hydroxylation is 1. The number of rotatable bonds is 6. The van der Waals surface area contributed by atoms with Crippen LogP contribution in [-0.2, 0) is 4.79 Å². The first-order valence-electron chi connectivity index (χ1n) is 7.21. The van der Waals surface area contributed by atoms with E-state index >= 15 is 0 Å². The summed E-state index contributed by atoms with van der Waals surface area (Å²) in [6, 6.07) is 10.9. The molecule has 0 radical (unpaired) electrons. The molecule has 0 aliphatic heterocycles. The molecule has 0 bridgehead atoms. The van der Waals surface area contributed by atoms with E-state index in [1.165, 1.54) is 0 Å². The molecule has 2 aromatic carbocycles. The number of nitrogens with one attached hydrogen (secondary N) is 1. The molecule has 6 heteroatoms. The summed E-state index contributed by atoms with van der Waals surface area (Å²) in [5, 5.41) is 1.71. The van der Waals surface area contributed by atoms with Gasteiger partial charge in [0.25, 0.3) is 0 Å². The monoisotopic (exact) mass is 336 g/mol. The van der Waals surface area contributed by atoms with Crippen molar-refractivity contribution < 1.29 is 13.6 Å². The molecule has 23 heavy (non-hydrogen) atoms. The second-order valence-electron chi connectivity index (χ2n) is 4.98. The highest BCUT2D eigenvalue weighted by atomic mass is 32.2. The molecule has 0 saturated heterocycles. The van der Waals surface area contributed by atoms with Crippen molar-refractivity contribution >= 4 is 23.4 Å². The molecule has 122 valence electrons. The highest BCUT2D eigenvalue weighted by molar-refractivity contribution is 8.00. The van der Waals surface area contributed by atoms with E-state index in [1.54, 1.807) is 5.01 Å². The quantitative estimate of drug-likeness (QED) is 0.641. The van der Waals surface area contributed by atoms with Crippen LogP contribution in [0.25, 0.3) is 0 Å². The predicted octanol–water partition coefficient (Wildman–Crippen LogP) is 3.92. The van der Waals surface area contributed by atoms with Gasteiger partial charge in [0.1, 0.15) is 11.6 Å². The Labute approximate surface area is 138 Å². The van der Waals surface area contributed by atoms with Crippen LogP contribution < -0.4 is 10.4 Å². The number of anilines is 1. The number of thioether (sulfide) groups is 1. The SMILES string of the molecule is CCN(NC(=O)CSc1cc(F)ccc1F)c1ccc(C)cc1. The van der Waals surface area contributed by atoms with E-state index in [9.17, 15) is 13.6 Å². The molecule has 0 fully saturated rings. The minimum absolute atomic E-state index is 0.00271. The van der Waals surface area contributed by atoms with Gasteiger partial charge in [-0.3, -0.25) is 15.2 Å². The third-order valence-electron chi connectivity index (χ3n) is 3.17. The fourth-order valence-corrected chi connectivity index (χ4v) is 2.72. The van der Waals surface area contributed by atoms with Crippen molar-refractivity contribution in [1.82, 2.24) is 5.43 Å². The Morgan fingerprint density at radius 2 is 1.87 bits per heavy atom. The van der Waals surface area contributed by atoms with E-state index in [0.717, 1.165) is 41.2 Å². The molecule has 0 aliphatic rings. The zero-order valence-corrected chi connectivity index (χ0v) is 13.8. The molecule has 1 amide bonds. The minimum Gasteiger partial charge on any atom is -0.286 e. The molecule has 1 N–H and O–H groups in total. The van der Waals surface area contributed by atoms with Crippen LogP contribution in [0.1, 0.15) is 12.5 Å². The summed E-state index contributed by atoms with van der Waals surface area (Å²) in [5.74, 6) is -1.33. The van der Waals surface area contributed by atoms with Crippen LogP contribution in [-0.4, -0.2) is 18.2 Å². The Bertz CT molecular complexity index is 677. The number of benzene rings is 2.